The number of benzene rings is 1. The van der Waals surface area contributed by atoms with Gasteiger partial charge in [-0.2, -0.15) is 0 Å². The lowest BCUT2D eigenvalue weighted by Crippen LogP contribution is -2.41. The molecule has 3 nitrogen and oxygen atoms in total. The Morgan fingerprint density at radius 3 is 2.95 bits per heavy atom. The summed E-state index contributed by atoms with van der Waals surface area (Å²) in [5.41, 5.74) is 2.33. The first-order valence-corrected chi connectivity index (χ1v) is 8.12. The number of ether oxygens (including phenoxy) is 1. The number of hydrogen-bond acceptors (Lipinski definition) is 2. The third-order valence-electron chi connectivity index (χ3n) is 4.96. The van der Waals surface area contributed by atoms with Crippen LogP contribution in [-0.4, -0.2) is 30.7 Å². The molecule has 1 aliphatic carbocycles. The third kappa shape index (κ3) is 2.97. The molecule has 0 radical (unpaired) electrons. The van der Waals surface area contributed by atoms with E-state index in [0.29, 0.717) is 17.9 Å². The second kappa shape index (κ2) is 6.44. The molecule has 3 atom stereocenters. The van der Waals surface area contributed by atoms with E-state index in [9.17, 15) is 4.79 Å². The molecule has 22 heavy (non-hydrogen) atoms. The first-order valence-electron chi connectivity index (χ1n) is 8.12. The van der Waals surface area contributed by atoms with Gasteiger partial charge in [0.25, 0.3) is 0 Å². The molecule has 1 saturated carbocycles. The van der Waals surface area contributed by atoms with Gasteiger partial charge < -0.3 is 9.64 Å². The molecule has 1 aliphatic heterocycles. The van der Waals surface area contributed by atoms with Crippen molar-refractivity contribution in [3.63, 3.8) is 0 Å². The standard InChI is InChI=1S/C19H23NO2/c1-14-5-3-6-15(13-14)9-10-16-7-4-8-18-17(16)11-12-20(18)19(21)22-2/h3,5-6,13,16-18H,4,7-8,11-12H2,1-2H3/t16-,17-,18+/m0/s1. The van der Waals surface area contributed by atoms with E-state index in [-0.39, 0.29) is 6.09 Å². The smallest absolute Gasteiger partial charge is 0.409 e. The van der Waals surface area contributed by atoms with E-state index in [1.54, 1.807) is 0 Å². The van der Waals surface area contributed by atoms with Crippen molar-refractivity contribution in [2.75, 3.05) is 13.7 Å². The fourth-order valence-electron chi connectivity index (χ4n) is 3.90. The van der Waals surface area contributed by atoms with Crippen LogP contribution in [0, 0.1) is 30.6 Å². The molecule has 1 saturated heterocycles. The molecule has 3 rings (SSSR count). The Labute approximate surface area is 132 Å². The Morgan fingerprint density at radius 2 is 2.18 bits per heavy atom. The number of amides is 1. The number of methoxy groups -OCH3 is 1. The van der Waals surface area contributed by atoms with Crippen LogP contribution in [0.15, 0.2) is 24.3 Å². The number of fused-ring (bicyclic) bond motifs is 1. The van der Waals surface area contributed by atoms with Gasteiger partial charge in [0.15, 0.2) is 0 Å². The number of aryl methyl sites for hydroxylation is 1. The summed E-state index contributed by atoms with van der Waals surface area (Å²) in [6.45, 7) is 2.90. The zero-order valence-electron chi connectivity index (χ0n) is 13.3. The molecule has 0 bridgehead atoms. The fraction of sp³-hybridized carbons (Fsp3) is 0.526. The van der Waals surface area contributed by atoms with Crippen LogP contribution in [0.3, 0.4) is 0 Å². The van der Waals surface area contributed by atoms with Crippen LogP contribution in [-0.2, 0) is 4.74 Å². The molecular weight excluding hydrogens is 274 g/mol. The van der Waals surface area contributed by atoms with Crippen molar-refractivity contribution in [3.8, 4) is 11.8 Å². The van der Waals surface area contributed by atoms with Gasteiger partial charge in [-0.15, -0.1) is 0 Å². The molecule has 3 heteroatoms. The number of likely N-dealkylation sites (tertiary alicyclic amines) is 1. The van der Waals surface area contributed by atoms with Gasteiger partial charge in [0.2, 0.25) is 0 Å². The Hall–Kier alpha value is -1.95. The monoisotopic (exact) mass is 297 g/mol. The molecule has 2 aliphatic rings. The minimum Gasteiger partial charge on any atom is -0.453 e. The predicted molar refractivity (Wildman–Crippen MR) is 86.4 cm³/mol. The van der Waals surface area contributed by atoms with Gasteiger partial charge in [-0.05, 0) is 49.8 Å². The van der Waals surface area contributed by atoms with Crippen LogP contribution in [0.1, 0.15) is 36.8 Å². The quantitative estimate of drug-likeness (QED) is 0.685. The van der Waals surface area contributed by atoms with Crippen molar-refractivity contribution in [1.29, 1.82) is 0 Å². The summed E-state index contributed by atoms with van der Waals surface area (Å²) in [5, 5.41) is 0. The average Bonchev–Trinajstić information content (AvgIpc) is 2.97. The highest BCUT2D eigenvalue weighted by Crippen LogP contribution is 2.40. The van der Waals surface area contributed by atoms with Crippen molar-refractivity contribution >= 4 is 6.09 Å². The van der Waals surface area contributed by atoms with E-state index < -0.39 is 0 Å². The Bertz CT molecular complexity index is 613. The molecule has 0 spiro atoms. The molecule has 0 unspecified atom stereocenters. The van der Waals surface area contributed by atoms with Crippen LogP contribution < -0.4 is 0 Å². The SMILES string of the molecule is COC(=O)N1CC[C@H]2[C@H](C#Cc3cccc(C)c3)CCC[C@H]21. The highest BCUT2D eigenvalue weighted by Gasteiger charge is 2.43. The summed E-state index contributed by atoms with van der Waals surface area (Å²) in [4.78, 5) is 13.8. The highest BCUT2D eigenvalue weighted by atomic mass is 16.5. The maximum absolute atomic E-state index is 11.9. The van der Waals surface area contributed by atoms with Gasteiger partial charge in [0, 0.05) is 24.1 Å². The molecule has 1 aromatic carbocycles. The zero-order valence-corrected chi connectivity index (χ0v) is 13.3. The predicted octanol–water partition coefficient (Wildman–Crippen LogP) is 3.60. The van der Waals surface area contributed by atoms with Crippen molar-refractivity contribution in [3.05, 3.63) is 35.4 Å². The average molecular weight is 297 g/mol. The molecule has 116 valence electrons. The summed E-state index contributed by atoms with van der Waals surface area (Å²) in [6.07, 6.45) is 4.24. The lowest BCUT2D eigenvalue weighted by atomic mass is 9.76. The summed E-state index contributed by atoms with van der Waals surface area (Å²) in [5.74, 6) is 7.73. The first-order chi connectivity index (χ1) is 10.7. The first kappa shape index (κ1) is 15.0. The molecule has 2 fully saturated rings. The van der Waals surface area contributed by atoms with Crippen molar-refractivity contribution in [2.45, 2.75) is 38.6 Å². The molecule has 1 amide bonds. The topological polar surface area (TPSA) is 29.5 Å². The summed E-state index contributed by atoms with van der Waals surface area (Å²) >= 11 is 0. The van der Waals surface area contributed by atoms with Gasteiger partial charge in [-0.3, -0.25) is 0 Å². The van der Waals surface area contributed by atoms with Gasteiger partial charge in [0.1, 0.15) is 0 Å². The van der Waals surface area contributed by atoms with Crippen LogP contribution in [0.5, 0.6) is 0 Å². The van der Waals surface area contributed by atoms with E-state index in [0.717, 1.165) is 37.8 Å². The molecule has 1 aromatic rings. The highest BCUT2D eigenvalue weighted by molar-refractivity contribution is 5.68. The second-order valence-corrected chi connectivity index (χ2v) is 6.36. The van der Waals surface area contributed by atoms with Gasteiger partial charge >= 0.3 is 6.09 Å². The van der Waals surface area contributed by atoms with Crippen molar-refractivity contribution in [1.82, 2.24) is 4.90 Å². The summed E-state index contributed by atoms with van der Waals surface area (Å²) < 4.78 is 4.91. The number of carbonyl (C=O) groups is 1. The van der Waals surface area contributed by atoms with E-state index >= 15 is 0 Å². The summed E-state index contributed by atoms with van der Waals surface area (Å²) in [7, 11) is 1.47. The normalized spacial score (nSPS) is 26.8. The summed E-state index contributed by atoms with van der Waals surface area (Å²) in [6, 6.07) is 8.65. The molecule has 0 aromatic heterocycles. The Balaban J connectivity index is 1.75. The molecular formula is C19H23NO2. The van der Waals surface area contributed by atoms with E-state index in [1.807, 2.05) is 4.90 Å². The largest absolute Gasteiger partial charge is 0.453 e. The Kier molecular flexibility index (Phi) is 4.38. The molecule has 1 heterocycles. The molecule has 0 N–H and O–H groups in total. The maximum atomic E-state index is 11.9. The number of rotatable bonds is 0. The van der Waals surface area contributed by atoms with Crippen LogP contribution in [0.25, 0.3) is 0 Å². The van der Waals surface area contributed by atoms with E-state index in [4.69, 9.17) is 4.74 Å². The number of nitrogens with zero attached hydrogens (tertiary/aromatic N) is 1. The minimum absolute atomic E-state index is 0.181. The lowest BCUT2D eigenvalue weighted by Gasteiger charge is -2.34. The van der Waals surface area contributed by atoms with Crippen molar-refractivity contribution in [2.24, 2.45) is 11.8 Å². The van der Waals surface area contributed by atoms with E-state index in [2.05, 4.69) is 43.0 Å². The van der Waals surface area contributed by atoms with Gasteiger partial charge in [-0.25, -0.2) is 4.79 Å². The number of carbonyl (C=O) groups excluding carboxylic acids is 1. The lowest BCUT2D eigenvalue weighted by molar-refractivity contribution is 0.101. The fourth-order valence-corrected chi connectivity index (χ4v) is 3.90. The number of hydrogen-bond donors (Lipinski definition) is 0. The van der Waals surface area contributed by atoms with Crippen LogP contribution in [0.4, 0.5) is 4.79 Å². The second-order valence-electron chi connectivity index (χ2n) is 6.36. The zero-order chi connectivity index (χ0) is 15.5. The van der Waals surface area contributed by atoms with Crippen LogP contribution in [0.2, 0.25) is 0 Å². The Morgan fingerprint density at radius 1 is 1.32 bits per heavy atom. The van der Waals surface area contributed by atoms with Crippen molar-refractivity contribution < 1.29 is 9.53 Å². The van der Waals surface area contributed by atoms with Gasteiger partial charge in [0.05, 0.1) is 7.11 Å². The van der Waals surface area contributed by atoms with E-state index in [1.165, 1.54) is 12.7 Å². The van der Waals surface area contributed by atoms with Gasteiger partial charge in [-0.1, -0.05) is 30.4 Å². The third-order valence-corrected chi connectivity index (χ3v) is 4.96. The maximum Gasteiger partial charge on any atom is 0.409 e. The van der Waals surface area contributed by atoms with Crippen LogP contribution >= 0.6 is 0 Å². The minimum atomic E-state index is -0.181.